The van der Waals surface area contributed by atoms with Gasteiger partial charge in [-0.2, -0.15) is 0 Å². The summed E-state index contributed by atoms with van der Waals surface area (Å²) in [7, 11) is 0. The Balaban J connectivity index is 2.97. The van der Waals surface area contributed by atoms with Crippen molar-refractivity contribution in [3.8, 4) is 0 Å². The van der Waals surface area contributed by atoms with Crippen molar-refractivity contribution in [3.05, 3.63) is 0 Å². The highest BCUT2D eigenvalue weighted by atomic mass is 14.1. The average Bonchev–Trinajstić information content (AvgIpc) is 2.11. The fourth-order valence-electron chi connectivity index (χ4n) is 1.91. The fraction of sp³-hybridized carbons (Fsp3) is 1.00. The Hall–Kier alpha value is 0. The van der Waals surface area contributed by atoms with Gasteiger partial charge in [-0.05, 0) is 5.92 Å². The summed E-state index contributed by atoms with van der Waals surface area (Å²) in [4.78, 5) is 0. The van der Waals surface area contributed by atoms with Crippen LogP contribution in [0.15, 0.2) is 0 Å². The Morgan fingerprint density at radius 1 is 0.692 bits per heavy atom. The highest BCUT2D eigenvalue weighted by Gasteiger charge is 1.99. The first-order valence-corrected chi connectivity index (χ1v) is 6.31. The highest BCUT2D eigenvalue weighted by Crippen LogP contribution is 2.15. The van der Waals surface area contributed by atoms with Crippen LogP contribution in [-0.2, 0) is 0 Å². The van der Waals surface area contributed by atoms with Gasteiger partial charge in [0, 0.05) is 0 Å². The van der Waals surface area contributed by atoms with Crippen molar-refractivity contribution in [1.29, 1.82) is 0 Å². The van der Waals surface area contributed by atoms with Gasteiger partial charge in [0.05, 0.1) is 0 Å². The summed E-state index contributed by atoms with van der Waals surface area (Å²) < 4.78 is 0. The van der Waals surface area contributed by atoms with Crippen LogP contribution in [0.3, 0.4) is 0 Å². The fourth-order valence-corrected chi connectivity index (χ4v) is 1.91. The molecule has 0 nitrogen and oxygen atoms in total. The van der Waals surface area contributed by atoms with Crippen molar-refractivity contribution in [2.75, 3.05) is 0 Å². The van der Waals surface area contributed by atoms with E-state index in [1.54, 1.807) is 0 Å². The quantitative estimate of drug-likeness (QED) is 0.433. The second kappa shape index (κ2) is 10.1. The molecule has 0 aliphatic heterocycles. The largest absolute Gasteiger partial charge is 0.0654 e. The van der Waals surface area contributed by atoms with E-state index in [-0.39, 0.29) is 0 Å². The standard InChI is InChI=1S/C13H28/c1-4-6-7-8-9-10-12-13(3)11-5-2/h13H,4-12H2,1-3H3/t13-/m0/s1. The van der Waals surface area contributed by atoms with Crippen LogP contribution in [0, 0.1) is 5.92 Å². The zero-order valence-corrected chi connectivity index (χ0v) is 9.94. The lowest BCUT2D eigenvalue weighted by Crippen LogP contribution is -1.93. The normalized spacial score (nSPS) is 13.2. The first-order valence-electron chi connectivity index (χ1n) is 6.31. The van der Waals surface area contributed by atoms with Crippen LogP contribution in [0.2, 0.25) is 0 Å². The van der Waals surface area contributed by atoms with Crippen molar-refractivity contribution in [2.24, 2.45) is 5.92 Å². The minimum Gasteiger partial charge on any atom is -0.0654 e. The predicted octanol–water partition coefficient (Wildman–Crippen LogP) is 5.17. The van der Waals surface area contributed by atoms with E-state index in [9.17, 15) is 0 Å². The summed E-state index contributed by atoms with van der Waals surface area (Å²) in [5.74, 6) is 0.969. The lowest BCUT2D eigenvalue weighted by atomic mass is 9.98. The lowest BCUT2D eigenvalue weighted by Gasteiger charge is -2.08. The monoisotopic (exact) mass is 184 g/mol. The zero-order chi connectivity index (χ0) is 9.94. The van der Waals surface area contributed by atoms with E-state index in [2.05, 4.69) is 20.8 Å². The first-order chi connectivity index (χ1) is 6.31. The Labute approximate surface area is 85.1 Å². The molecule has 1 atom stereocenters. The maximum absolute atomic E-state index is 2.40. The molecule has 0 aromatic heterocycles. The molecule has 0 rings (SSSR count). The van der Waals surface area contributed by atoms with Gasteiger partial charge in [0.15, 0.2) is 0 Å². The van der Waals surface area contributed by atoms with E-state index >= 15 is 0 Å². The highest BCUT2D eigenvalue weighted by molar-refractivity contribution is 4.53. The molecule has 13 heavy (non-hydrogen) atoms. The summed E-state index contributed by atoms with van der Waals surface area (Å²) in [5.41, 5.74) is 0. The molecule has 0 aliphatic carbocycles. The maximum Gasteiger partial charge on any atom is -0.0443 e. The van der Waals surface area contributed by atoms with Crippen LogP contribution >= 0.6 is 0 Å². The van der Waals surface area contributed by atoms with Gasteiger partial charge < -0.3 is 0 Å². The molecular formula is C13H28. The van der Waals surface area contributed by atoms with Crippen LogP contribution < -0.4 is 0 Å². The van der Waals surface area contributed by atoms with E-state index in [1.165, 1.54) is 57.8 Å². The van der Waals surface area contributed by atoms with Gasteiger partial charge in [-0.15, -0.1) is 0 Å². The Kier molecular flexibility index (Phi) is 10.1. The minimum absolute atomic E-state index is 0.969. The Morgan fingerprint density at radius 3 is 1.92 bits per heavy atom. The van der Waals surface area contributed by atoms with E-state index in [1.807, 2.05) is 0 Å². The van der Waals surface area contributed by atoms with Gasteiger partial charge >= 0.3 is 0 Å². The topological polar surface area (TPSA) is 0 Å². The molecule has 0 heteroatoms. The van der Waals surface area contributed by atoms with Gasteiger partial charge in [0.2, 0.25) is 0 Å². The van der Waals surface area contributed by atoms with Crippen LogP contribution in [0.25, 0.3) is 0 Å². The van der Waals surface area contributed by atoms with Crippen LogP contribution in [0.4, 0.5) is 0 Å². The van der Waals surface area contributed by atoms with Crippen LogP contribution in [0.1, 0.15) is 78.6 Å². The number of hydrogen-bond donors (Lipinski definition) is 0. The summed E-state index contributed by atoms with van der Waals surface area (Å²) in [5, 5.41) is 0. The van der Waals surface area contributed by atoms with Crippen molar-refractivity contribution in [1.82, 2.24) is 0 Å². The number of hydrogen-bond acceptors (Lipinski definition) is 0. The van der Waals surface area contributed by atoms with Crippen molar-refractivity contribution in [2.45, 2.75) is 78.6 Å². The third kappa shape index (κ3) is 9.92. The SMILES string of the molecule is CCCCCCCC[C@@H](C)CCC. The van der Waals surface area contributed by atoms with Crippen molar-refractivity contribution in [3.63, 3.8) is 0 Å². The molecule has 0 aromatic rings. The molecule has 0 spiro atoms. The summed E-state index contributed by atoms with van der Waals surface area (Å²) in [6, 6.07) is 0. The van der Waals surface area contributed by atoms with Crippen molar-refractivity contribution < 1.29 is 0 Å². The lowest BCUT2D eigenvalue weighted by molar-refractivity contribution is 0.452. The second-order valence-electron chi connectivity index (χ2n) is 4.45. The molecule has 0 aliphatic rings. The zero-order valence-electron chi connectivity index (χ0n) is 9.94. The molecule has 0 saturated carbocycles. The third-order valence-electron chi connectivity index (χ3n) is 2.83. The van der Waals surface area contributed by atoms with E-state index in [4.69, 9.17) is 0 Å². The van der Waals surface area contributed by atoms with Gasteiger partial charge in [-0.1, -0.05) is 78.6 Å². The Morgan fingerprint density at radius 2 is 1.31 bits per heavy atom. The molecular weight excluding hydrogens is 156 g/mol. The molecule has 0 amide bonds. The van der Waals surface area contributed by atoms with E-state index in [0.717, 1.165) is 5.92 Å². The predicted molar refractivity (Wildman–Crippen MR) is 62.1 cm³/mol. The average molecular weight is 184 g/mol. The number of unbranched alkanes of at least 4 members (excludes halogenated alkanes) is 5. The minimum atomic E-state index is 0.969. The van der Waals surface area contributed by atoms with Gasteiger partial charge in [-0.25, -0.2) is 0 Å². The molecule has 0 radical (unpaired) electrons. The molecule has 0 saturated heterocycles. The molecule has 0 fully saturated rings. The maximum atomic E-state index is 2.40. The third-order valence-corrected chi connectivity index (χ3v) is 2.83. The molecule has 0 unspecified atom stereocenters. The molecule has 0 bridgehead atoms. The summed E-state index contributed by atoms with van der Waals surface area (Å²) in [6.07, 6.45) is 12.9. The second-order valence-corrected chi connectivity index (χ2v) is 4.45. The van der Waals surface area contributed by atoms with Gasteiger partial charge in [0.25, 0.3) is 0 Å². The Bertz CT molecular complexity index is 86.0. The molecule has 0 N–H and O–H groups in total. The first kappa shape index (κ1) is 13.0. The van der Waals surface area contributed by atoms with Gasteiger partial charge in [-0.3, -0.25) is 0 Å². The number of rotatable bonds is 9. The van der Waals surface area contributed by atoms with Crippen LogP contribution in [0.5, 0.6) is 0 Å². The summed E-state index contributed by atoms with van der Waals surface area (Å²) in [6.45, 7) is 6.97. The van der Waals surface area contributed by atoms with Crippen LogP contribution in [-0.4, -0.2) is 0 Å². The molecule has 0 heterocycles. The van der Waals surface area contributed by atoms with E-state index in [0.29, 0.717) is 0 Å². The van der Waals surface area contributed by atoms with Gasteiger partial charge in [0.1, 0.15) is 0 Å². The smallest absolute Gasteiger partial charge is 0.0443 e. The molecule has 0 aromatic carbocycles. The summed E-state index contributed by atoms with van der Waals surface area (Å²) >= 11 is 0. The van der Waals surface area contributed by atoms with Crippen molar-refractivity contribution >= 4 is 0 Å². The van der Waals surface area contributed by atoms with E-state index < -0.39 is 0 Å². The molecule has 80 valence electrons.